The first-order chi connectivity index (χ1) is 13.0. The van der Waals surface area contributed by atoms with Crippen molar-refractivity contribution in [1.29, 1.82) is 0 Å². The first kappa shape index (κ1) is 19.5. The molecule has 0 N–H and O–H groups in total. The lowest BCUT2D eigenvalue weighted by molar-refractivity contribution is -0.142. The third-order valence-corrected chi connectivity index (χ3v) is 4.90. The summed E-state index contributed by atoms with van der Waals surface area (Å²) in [4.78, 5) is 20.6. The standard InChI is InChI=1S/C19H20ClN3O3S/c1-4-14-9-15-17(23(14)10-12-6-5-7-13(20)8-12)21-19(27-3)22-18(15)26-11-16(24)25-2/h5-9H,4,10-11H2,1-3H3. The van der Waals surface area contributed by atoms with E-state index in [0.29, 0.717) is 22.6 Å². The Labute approximate surface area is 166 Å². The average molecular weight is 406 g/mol. The van der Waals surface area contributed by atoms with Crippen molar-refractivity contribution in [1.82, 2.24) is 14.5 Å². The smallest absolute Gasteiger partial charge is 0.343 e. The lowest BCUT2D eigenvalue weighted by Crippen LogP contribution is -2.13. The van der Waals surface area contributed by atoms with Gasteiger partial charge in [0.05, 0.1) is 12.5 Å². The number of hydrogen-bond donors (Lipinski definition) is 0. The minimum Gasteiger partial charge on any atom is -0.466 e. The quantitative estimate of drug-likeness (QED) is 0.336. The maximum Gasteiger partial charge on any atom is 0.343 e. The molecule has 0 atom stereocenters. The lowest BCUT2D eigenvalue weighted by Gasteiger charge is -2.11. The molecule has 3 aromatic rings. The van der Waals surface area contributed by atoms with Crippen LogP contribution in [0.15, 0.2) is 35.5 Å². The van der Waals surface area contributed by atoms with Crippen LogP contribution in [0.1, 0.15) is 18.2 Å². The molecule has 27 heavy (non-hydrogen) atoms. The van der Waals surface area contributed by atoms with E-state index in [1.165, 1.54) is 18.9 Å². The van der Waals surface area contributed by atoms with E-state index in [4.69, 9.17) is 16.3 Å². The van der Waals surface area contributed by atoms with Crippen LogP contribution in [0.25, 0.3) is 11.0 Å². The first-order valence-corrected chi connectivity index (χ1v) is 10.0. The SMILES string of the molecule is CCc1cc2c(OCC(=O)OC)nc(SC)nc2n1Cc1cccc(Cl)c1. The van der Waals surface area contributed by atoms with Crippen LogP contribution in [0.5, 0.6) is 5.88 Å². The molecule has 0 saturated heterocycles. The molecule has 0 radical (unpaired) electrons. The molecule has 0 unspecified atom stereocenters. The second kappa shape index (κ2) is 8.63. The fraction of sp³-hybridized carbons (Fsp3) is 0.316. The summed E-state index contributed by atoms with van der Waals surface area (Å²) >= 11 is 7.55. The van der Waals surface area contributed by atoms with Crippen molar-refractivity contribution in [2.75, 3.05) is 20.0 Å². The molecule has 0 fully saturated rings. The Hall–Kier alpha value is -2.25. The number of rotatable bonds is 7. The molecule has 0 aliphatic rings. The minimum absolute atomic E-state index is 0.197. The fourth-order valence-corrected chi connectivity index (χ4v) is 3.37. The Bertz CT molecular complexity index is 974. The van der Waals surface area contributed by atoms with Crippen molar-refractivity contribution in [2.45, 2.75) is 25.0 Å². The Morgan fingerprint density at radius 1 is 1.30 bits per heavy atom. The predicted molar refractivity (Wildman–Crippen MR) is 107 cm³/mol. The molecular formula is C19H20ClN3O3S. The van der Waals surface area contributed by atoms with E-state index in [2.05, 4.69) is 26.2 Å². The molecule has 8 heteroatoms. The molecule has 3 rings (SSSR count). The van der Waals surface area contributed by atoms with Gasteiger partial charge in [-0.1, -0.05) is 42.4 Å². The van der Waals surface area contributed by atoms with Gasteiger partial charge in [0.15, 0.2) is 11.8 Å². The third kappa shape index (κ3) is 4.36. The zero-order valence-corrected chi connectivity index (χ0v) is 16.9. The van der Waals surface area contributed by atoms with Crippen molar-refractivity contribution >= 4 is 40.4 Å². The number of benzene rings is 1. The van der Waals surface area contributed by atoms with Crippen molar-refractivity contribution in [3.63, 3.8) is 0 Å². The van der Waals surface area contributed by atoms with Gasteiger partial charge in [0, 0.05) is 17.3 Å². The summed E-state index contributed by atoms with van der Waals surface area (Å²) in [5.74, 6) is -0.0733. The Kier molecular flexibility index (Phi) is 6.23. The van der Waals surface area contributed by atoms with E-state index < -0.39 is 5.97 Å². The Morgan fingerprint density at radius 2 is 2.11 bits per heavy atom. The van der Waals surface area contributed by atoms with Gasteiger partial charge in [0.1, 0.15) is 5.65 Å². The Balaban J connectivity index is 2.08. The molecule has 142 valence electrons. The third-order valence-electron chi connectivity index (χ3n) is 4.11. The highest BCUT2D eigenvalue weighted by Gasteiger charge is 2.17. The van der Waals surface area contributed by atoms with Gasteiger partial charge in [0.2, 0.25) is 5.88 Å². The molecule has 0 aliphatic heterocycles. The number of esters is 1. The summed E-state index contributed by atoms with van der Waals surface area (Å²) < 4.78 is 12.4. The van der Waals surface area contributed by atoms with Crippen LogP contribution in [0.3, 0.4) is 0 Å². The molecule has 1 aromatic carbocycles. The predicted octanol–water partition coefficient (Wildman–Crippen LogP) is 3.97. The summed E-state index contributed by atoms with van der Waals surface area (Å²) in [6.07, 6.45) is 2.72. The molecule has 0 saturated carbocycles. The topological polar surface area (TPSA) is 66.2 Å². The number of fused-ring (bicyclic) bond motifs is 1. The van der Waals surface area contributed by atoms with Crippen molar-refractivity contribution in [3.05, 3.63) is 46.6 Å². The van der Waals surface area contributed by atoms with Gasteiger partial charge < -0.3 is 14.0 Å². The van der Waals surface area contributed by atoms with E-state index >= 15 is 0 Å². The highest BCUT2D eigenvalue weighted by Crippen LogP contribution is 2.30. The number of methoxy groups -OCH3 is 1. The number of aromatic nitrogens is 3. The van der Waals surface area contributed by atoms with Crippen LogP contribution in [0, 0.1) is 0 Å². The first-order valence-electron chi connectivity index (χ1n) is 8.44. The van der Waals surface area contributed by atoms with Crippen molar-refractivity contribution < 1.29 is 14.3 Å². The molecule has 0 aliphatic carbocycles. The van der Waals surface area contributed by atoms with E-state index in [-0.39, 0.29) is 6.61 Å². The zero-order chi connectivity index (χ0) is 19.4. The van der Waals surface area contributed by atoms with Crippen molar-refractivity contribution in [2.24, 2.45) is 0 Å². The summed E-state index contributed by atoms with van der Waals surface area (Å²) in [5, 5.41) is 2.05. The number of nitrogens with zero attached hydrogens (tertiary/aromatic N) is 3. The van der Waals surface area contributed by atoms with Gasteiger partial charge in [-0.25, -0.2) is 9.78 Å². The average Bonchev–Trinajstić information content (AvgIpc) is 3.03. The van der Waals surface area contributed by atoms with Gasteiger partial charge in [0.25, 0.3) is 0 Å². The van der Waals surface area contributed by atoms with Crippen LogP contribution in [0.2, 0.25) is 5.02 Å². The lowest BCUT2D eigenvalue weighted by atomic mass is 10.2. The Morgan fingerprint density at radius 3 is 2.78 bits per heavy atom. The second-order valence-electron chi connectivity index (χ2n) is 5.82. The number of ether oxygens (including phenoxy) is 2. The molecular weight excluding hydrogens is 386 g/mol. The van der Waals surface area contributed by atoms with Crippen LogP contribution < -0.4 is 4.74 Å². The van der Waals surface area contributed by atoms with E-state index in [1.54, 1.807) is 0 Å². The fourth-order valence-electron chi connectivity index (χ4n) is 2.81. The summed E-state index contributed by atoms with van der Waals surface area (Å²) in [5.41, 5.74) is 2.95. The van der Waals surface area contributed by atoms with E-state index in [9.17, 15) is 4.79 Å². The normalized spacial score (nSPS) is 11.0. The van der Waals surface area contributed by atoms with Crippen LogP contribution >= 0.6 is 23.4 Å². The number of aryl methyl sites for hydroxylation is 1. The van der Waals surface area contributed by atoms with Crippen LogP contribution in [0.4, 0.5) is 0 Å². The van der Waals surface area contributed by atoms with Gasteiger partial charge >= 0.3 is 5.97 Å². The van der Waals surface area contributed by atoms with Crippen LogP contribution in [-0.2, 0) is 22.5 Å². The number of thioether (sulfide) groups is 1. The van der Waals surface area contributed by atoms with Crippen LogP contribution in [-0.4, -0.2) is 40.5 Å². The van der Waals surface area contributed by atoms with Gasteiger partial charge in [-0.3, -0.25) is 0 Å². The molecule has 0 spiro atoms. The molecule has 2 heterocycles. The van der Waals surface area contributed by atoms with Crippen molar-refractivity contribution in [3.8, 4) is 5.88 Å². The number of carbonyl (C=O) groups excluding carboxylic acids is 1. The van der Waals surface area contributed by atoms with Gasteiger partial charge in [-0.15, -0.1) is 0 Å². The van der Waals surface area contributed by atoms with E-state index in [1.807, 2.05) is 36.6 Å². The molecule has 2 aromatic heterocycles. The number of carbonyl (C=O) groups is 1. The highest BCUT2D eigenvalue weighted by atomic mass is 35.5. The molecule has 0 amide bonds. The monoisotopic (exact) mass is 405 g/mol. The van der Waals surface area contributed by atoms with E-state index in [0.717, 1.165) is 28.7 Å². The second-order valence-corrected chi connectivity index (χ2v) is 7.03. The number of hydrogen-bond acceptors (Lipinski definition) is 6. The highest BCUT2D eigenvalue weighted by molar-refractivity contribution is 7.98. The maximum atomic E-state index is 11.5. The van der Waals surface area contributed by atoms with Gasteiger partial charge in [-0.05, 0) is 36.4 Å². The maximum absolute atomic E-state index is 11.5. The minimum atomic E-state index is -0.457. The van der Waals surface area contributed by atoms with Gasteiger partial charge in [-0.2, -0.15) is 4.98 Å². The summed E-state index contributed by atoms with van der Waals surface area (Å²) in [6.45, 7) is 2.52. The summed E-state index contributed by atoms with van der Waals surface area (Å²) in [6, 6.07) is 9.77. The number of halogens is 1. The largest absolute Gasteiger partial charge is 0.466 e. The zero-order valence-electron chi connectivity index (χ0n) is 15.4. The molecule has 6 nitrogen and oxygen atoms in total. The molecule has 0 bridgehead atoms. The summed E-state index contributed by atoms with van der Waals surface area (Å²) in [7, 11) is 1.32.